The molecule has 0 N–H and O–H groups in total. The number of aryl methyl sites for hydroxylation is 2. The van der Waals surface area contributed by atoms with E-state index < -0.39 is 0 Å². The third kappa shape index (κ3) is 3.96. The lowest BCUT2D eigenvalue weighted by atomic mass is 9.97. The van der Waals surface area contributed by atoms with Crippen LogP contribution in [0.3, 0.4) is 0 Å². The van der Waals surface area contributed by atoms with Crippen LogP contribution in [0.4, 0.5) is 0 Å². The molecular formula is C20H26. The fourth-order valence-corrected chi connectivity index (χ4v) is 2.43. The first-order valence-corrected chi connectivity index (χ1v) is 7.74. The van der Waals surface area contributed by atoms with Gasteiger partial charge in [0.1, 0.15) is 0 Å². The molecule has 0 unspecified atom stereocenters. The number of hydrogen-bond donors (Lipinski definition) is 0. The third-order valence-corrected chi connectivity index (χ3v) is 4.00. The van der Waals surface area contributed by atoms with Gasteiger partial charge < -0.3 is 0 Å². The Morgan fingerprint density at radius 3 is 1.10 bits per heavy atom. The van der Waals surface area contributed by atoms with Crippen molar-refractivity contribution < 1.29 is 0 Å². The van der Waals surface area contributed by atoms with Gasteiger partial charge in [-0.1, -0.05) is 76.2 Å². The van der Waals surface area contributed by atoms with Gasteiger partial charge in [0, 0.05) is 0 Å². The van der Waals surface area contributed by atoms with Gasteiger partial charge >= 0.3 is 0 Å². The van der Waals surface area contributed by atoms with Gasteiger partial charge in [-0.25, -0.2) is 0 Å². The van der Waals surface area contributed by atoms with E-state index in [1.165, 1.54) is 22.3 Å². The predicted molar refractivity (Wildman–Crippen MR) is 88.5 cm³/mol. The zero-order valence-corrected chi connectivity index (χ0v) is 13.2. The highest BCUT2D eigenvalue weighted by molar-refractivity contribution is 5.28. The van der Waals surface area contributed by atoms with Crippen molar-refractivity contribution in [3.63, 3.8) is 0 Å². The van der Waals surface area contributed by atoms with Crippen molar-refractivity contribution >= 4 is 0 Å². The normalized spacial score (nSPS) is 11.3. The molecule has 2 rings (SSSR count). The molecule has 0 amide bonds. The largest absolute Gasteiger partial charge is 0.0587 e. The minimum absolute atomic E-state index is 0.618. The SMILES string of the molecule is CC(C)c1ccc(CCc2ccc(C(C)C)cc2)cc1. The molecule has 0 fully saturated rings. The standard InChI is InChI=1S/C20H26/c1-15(2)19-11-7-17(8-12-19)5-6-18-9-13-20(14-10-18)16(3)4/h7-16H,5-6H2,1-4H3. The van der Waals surface area contributed by atoms with E-state index in [9.17, 15) is 0 Å². The Bertz CT molecular complexity index is 463. The van der Waals surface area contributed by atoms with Gasteiger partial charge in [-0.05, 0) is 46.9 Å². The summed E-state index contributed by atoms with van der Waals surface area (Å²) >= 11 is 0. The summed E-state index contributed by atoms with van der Waals surface area (Å²) in [6.45, 7) is 8.97. The molecule has 0 aliphatic heterocycles. The molecule has 0 saturated carbocycles. The van der Waals surface area contributed by atoms with Crippen LogP contribution >= 0.6 is 0 Å². The fraction of sp³-hybridized carbons (Fsp3) is 0.400. The Kier molecular flexibility index (Phi) is 5.00. The lowest BCUT2D eigenvalue weighted by Gasteiger charge is -2.08. The third-order valence-electron chi connectivity index (χ3n) is 4.00. The van der Waals surface area contributed by atoms with E-state index in [0.717, 1.165) is 12.8 Å². The molecule has 0 spiro atoms. The van der Waals surface area contributed by atoms with E-state index in [2.05, 4.69) is 76.2 Å². The zero-order valence-electron chi connectivity index (χ0n) is 13.2. The topological polar surface area (TPSA) is 0 Å². The second-order valence-corrected chi connectivity index (χ2v) is 6.29. The first-order valence-electron chi connectivity index (χ1n) is 7.74. The zero-order chi connectivity index (χ0) is 14.5. The Morgan fingerprint density at radius 2 is 0.850 bits per heavy atom. The Balaban J connectivity index is 1.94. The minimum Gasteiger partial charge on any atom is -0.0587 e. The molecule has 0 aliphatic carbocycles. The second kappa shape index (κ2) is 6.74. The summed E-state index contributed by atoms with van der Waals surface area (Å²) in [6, 6.07) is 18.2. The summed E-state index contributed by atoms with van der Waals surface area (Å²) in [5, 5.41) is 0. The van der Waals surface area contributed by atoms with E-state index in [4.69, 9.17) is 0 Å². The van der Waals surface area contributed by atoms with E-state index in [1.807, 2.05) is 0 Å². The monoisotopic (exact) mass is 266 g/mol. The lowest BCUT2D eigenvalue weighted by molar-refractivity contribution is 0.859. The van der Waals surface area contributed by atoms with E-state index >= 15 is 0 Å². The van der Waals surface area contributed by atoms with Gasteiger partial charge in [-0.2, -0.15) is 0 Å². The maximum Gasteiger partial charge on any atom is -0.0219 e. The minimum atomic E-state index is 0.618. The van der Waals surface area contributed by atoms with Crippen molar-refractivity contribution in [3.8, 4) is 0 Å². The van der Waals surface area contributed by atoms with Crippen LogP contribution in [-0.4, -0.2) is 0 Å². The molecule has 0 saturated heterocycles. The van der Waals surface area contributed by atoms with Crippen molar-refractivity contribution in [2.24, 2.45) is 0 Å². The summed E-state index contributed by atoms with van der Waals surface area (Å²) < 4.78 is 0. The van der Waals surface area contributed by atoms with Gasteiger partial charge in [0.25, 0.3) is 0 Å². The molecular weight excluding hydrogens is 240 g/mol. The van der Waals surface area contributed by atoms with Crippen molar-refractivity contribution in [1.82, 2.24) is 0 Å². The maximum atomic E-state index is 2.28. The van der Waals surface area contributed by atoms with Crippen molar-refractivity contribution in [3.05, 3.63) is 70.8 Å². The summed E-state index contributed by atoms with van der Waals surface area (Å²) in [5.74, 6) is 1.24. The lowest BCUT2D eigenvalue weighted by Crippen LogP contribution is -1.94. The molecule has 0 aromatic heterocycles. The van der Waals surface area contributed by atoms with Gasteiger partial charge in [-0.15, -0.1) is 0 Å². The number of benzene rings is 2. The highest BCUT2D eigenvalue weighted by atomic mass is 14.1. The molecule has 106 valence electrons. The van der Waals surface area contributed by atoms with Gasteiger partial charge in [0.2, 0.25) is 0 Å². The average molecular weight is 266 g/mol. The molecule has 20 heavy (non-hydrogen) atoms. The molecule has 0 radical (unpaired) electrons. The second-order valence-electron chi connectivity index (χ2n) is 6.29. The summed E-state index contributed by atoms with van der Waals surface area (Å²) in [7, 11) is 0. The molecule has 2 aromatic rings. The molecule has 0 bridgehead atoms. The first kappa shape index (κ1) is 14.8. The quantitative estimate of drug-likeness (QED) is 0.649. The van der Waals surface area contributed by atoms with Crippen LogP contribution in [0.1, 0.15) is 61.8 Å². The van der Waals surface area contributed by atoms with Crippen LogP contribution in [-0.2, 0) is 12.8 Å². The molecule has 0 nitrogen and oxygen atoms in total. The first-order chi connectivity index (χ1) is 9.56. The van der Waals surface area contributed by atoms with Crippen molar-refractivity contribution in [1.29, 1.82) is 0 Å². The molecule has 0 atom stereocenters. The van der Waals surface area contributed by atoms with Gasteiger partial charge in [0.05, 0.1) is 0 Å². The highest BCUT2D eigenvalue weighted by Crippen LogP contribution is 2.17. The molecule has 0 aliphatic rings. The highest BCUT2D eigenvalue weighted by Gasteiger charge is 2.01. The van der Waals surface area contributed by atoms with E-state index in [0.29, 0.717) is 11.8 Å². The van der Waals surface area contributed by atoms with Crippen LogP contribution in [0.15, 0.2) is 48.5 Å². The van der Waals surface area contributed by atoms with Crippen molar-refractivity contribution in [2.45, 2.75) is 52.4 Å². The van der Waals surface area contributed by atoms with Gasteiger partial charge in [0.15, 0.2) is 0 Å². The van der Waals surface area contributed by atoms with E-state index in [1.54, 1.807) is 0 Å². The summed E-state index contributed by atoms with van der Waals surface area (Å²) in [5.41, 5.74) is 5.72. The molecule has 2 aromatic carbocycles. The Hall–Kier alpha value is -1.56. The summed E-state index contributed by atoms with van der Waals surface area (Å²) in [4.78, 5) is 0. The van der Waals surface area contributed by atoms with Crippen molar-refractivity contribution in [2.75, 3.05) is 0 Å². The fourth-order valence-electron chi connectivity index (χ4n) is 2.43. The Morgan fingerprint density at radius 1 is 0.550 bits per heavy atom. The molecule has 0 heterocycles. The van der Waals surface area contributed by atoms with Crippen LogP contribution in [0.25, 0.3) is 0 Å². The average Bonchev–Trinajstić information content (AvgIpc) is 2.46. The number of rotatable bonds is 5. The van der Waals surface area contributed by atoms with E-state index in [-0.39, 0.29) is 0 Å². The maximum absolute atomic E-state index is 2.28. The van der Waals surface area contributed by atoms with Crippen LogP contribution in [0, 0.1) is 0 Å². The summed E-state index contributed by atoms with van der Waals surface area (Å²) in [6.07, 6.45) is 2.25. The van der Waals surface area contributed by atoms with Crippen LogP contribution in [0.2, 0.25) is 0 Å². The smallest absolute Gasteiger partial charge is 0.0219 e. The predicted octanol–water partition coefficient (Wildman–Crippen LogP) is 5.72. The Labute approximate surface area is 123 Å². The van der Waals surface area contributed by atoms with Gasteiger partial charge in [-0.3, -0.25) is 0 Å². The van der Waals surface area contributed by atoms with Crippen LogP contribution in [0.5, 0.6) is 0 Å². The van der Waals surface area contributed by atoms with Crippen LogP contribution < -0.4 is 0 Å². The molecule has 0 heteroatoms. The number of hydrogen-bond acceptors (Lipinski definition) is 0.